The number of carbonyl (C=O) groups is 6. The molecule has 17 N–H and O–H groups in total. The van der Waals surface area contributed by atoms with Crippen molar-refractivity contribution in [2.45, 2.75) is 30.7 Å². The van der Waals surface area contributed by atoms with E-state index < -0.39 is 221 Å². The number of benzene rings is 6. The molecule has 30 heteroatoms. The average Bonchev–Trinajstić information content (AvgIpc) is 3.54. The molecule has 6 aromatic rings. The first-order valence-corrected chi connectivity index (χ1v) is 21.4. The van der Waals surface area contributed by atoms with Crippen LogP contribution in [0.5, 0.6) is 103 Å². The molecule has 1 saturated heterocycles. The van der Waals surface area contributed by atoms with Gasteiger partial charge in [0.25, 0.3) is 0 Å². The molecule has 0 saturated carbocycles. The molecule has 0 unspecified atom stereocenters. The standard InChI is InChI=1S/C48H34O30/c49-18-1-12(2-19(50)31(18)58)42(66)73-27-8-15(7-24(55)34(27)61)44(68)75-39-28-11-72-46(70)16-9-25(56)35(62)37(64)29(16)30-17(10-26(57)36(63)38(30)65)47(71)76-40(39)41(77-43(67)13-3-20(51)32(59)21(52)4-13)48(74-28)78-45(69)14-5-22(53)33(60)23(54)6-14/h1-10,28,39-41,48-65H,11H2/t28-,39-,40+,41-,48+/m1/s1. The van der Waals surface area contributed by atoms with Gasteiger partial charge in [-0.25, -0.2) is 28.8 Å². The SMILES string of the molecule is O=C(Oc1cc(C(=O)O[C@H]2[C@@H]3OC(=O)c4cc(O)c(O)c(O)c4-c4c(cc(O)c(O)c4O)C(=O)OC[C@H]2O[C@@H](OC(=O)c2cc(O)c(O)c(O)c2)[C@@H]3OC(=O)c2cc(O)c(O)c(O)c2)cc(O)c1O)c1cc(O)c(O)c(O)c1. The molecule has 8 rings (SSSR count). The zero-order chi connectivity index (χ0) is 57.1. The van der Waals surface area contributed by atoms with E-state index in [9.17, 15) is 116 Å². The van der Waals surface area contributed by atoms with E-state index in [4.69, 9.17) is 33.2 Å². The van der Waals surface area contributed by atoms with E-state index in [0.717, 1.165) is 0 Å². The summed E-state index contributed by atoms with van der Waals surface area (Å²) in [6, 6.07) is 4.96. The number of phenolic OH excluding ortho intramolecular Hbond substituents is 17. The molecule has 78 heavy (non-hydrogen) atoms. The van der Waals surface area contributed by atoms with E-state index in [1.54, 1.807) is 0 Å². The van der Waals surface area contributed by atoms with E-state index in [-0.39, 0.29) is 0 Å². The lowest BCUT2D eigenvalue weighted by molar-refractivity contribution is -0.282. The number of esters is 6. The van der Waals surface area contributed by atoms with Crippen molar-refractivity contribution in [3.8, 4) is 115 Å². The summed E-state index contributed by atoms with van der Waals surface area (Å²) in [5.74, 6) is -32.5. The second-order valence-electron chi connectivity index (χ2n) is 16.5. The van der Waals surface area contributed by atoms with Gasteiger partial charge in [0.1, 0.15) is 12.7 Å². The van der Waals surface area contributed by atoms with Crippen LogP contribution in [-0.4, -0.2) is 160 Å². The third-order valence-electron chi connectivity index (χ3n) is 11.5. The monoisotopic (exact) mass is 1090 g/mol. The molecule has 1 fully saturated rings. The summed E-state index contributed by atoms with van der Waals surface area (Å²) in [5, 5.41) is 177. The summed E-state index contributed by atoms with van der Waals surface area (Å²) >= 11 is 0. The fourth-order valence-corrected chi connectivity index (χ4v) is 7.72. The third-order valence-corrected chi connectivity index (χ3v) is 11.5. The van der Waals surface area contributed by atoms with Crippen molar-refractivity contribution < 1.29 is 149 Å². The topological polar surface area (TPSA) is 511 Å². The summed E-state index contributed by atoms with van der Waals surface area (Å²) in [5.41, 5.74) is -7.97. The van der Waals surface area contributed by atoms with Gasteiger partial charge in [0.05, 0.1) is 33.4 Å². The van der Waals surface area contributed by atoms with Crippen LogP contribution in [0.25, 0.3) is 11.1 Å². The number of ether oxygens (including phenoxy) is 7. The molecule has 30 nitrogen and oxygen atoms in total. The Morgan fingerprint density at radius 1 is 0.397 bits per heavy atom. The molecule has 2 aliphatic heterocycles. The van der Waals surface area contributed by atoms with Gasteiger partial charge in [0.2, 0.25) is 29.6 Å². The Balaban J connectivity index is 1.31. The molecule has 0 amide bonds. The maximum Gasteiger partial charge on any atom is 0.343 e. The van der Waals surface area contributed by atoms with Crippen LogP contribution in [0.3, 0.4) is 0 Å². The molecule has 6 aromatic carbocycles. The molecule has 2 bridgehead atoms. The molecule has 0 aliphatic carbocycles. The molecular weight excluding hydrogens is 1060 g/mol. The van der Waals surface area contributed by atoms with Crippen LogP contribution < -0.4 is 4.74 Å². The van der Waals surface area contributed by atoms with E-state index in [1.165, 1.54) is 0 Å². The Morgan fingerprint density at radius 2 is 0.756 bits per heavy atom. The van der Waals surface area contributed by atoms with Crippen LogP contribution in [-0.2, 0) is 28.4 Å². The van der Waals surface area contributed by atoms with Gasteiger partial charge in [-0.05, 0) is 60.7 Å². The number of phenols is 17. The minimum absolute atomic E-state index is 0.321. The summed E-state index contributed by atoms with van der Waals surface area (Å²) < 4.78 is 38.9. The summed E-state index contributed by atoms with van der Waals surface area (Å²) in [6.07, 6.45) is -12.8. The third kappa shape index (κ3) is 9.56. The zero-order valence-electron chi connectivity index (χ0n) is 38.3. The smallest absolute Gasteiger partial charge is 0.343 e. The van der Waals surface area contributed by atoms with Gasteiger partial charge in [0, 0.05) is 11.1 Å². The van der Waals surface area contributed by atoms with E-state index >= 15 is 0 Å². The van der Waals surface area contributed by atoms with Gasteiger partial charge in [-0.15, -0.1) is 0 Å². The normalized spacial score (nSPS) is 17.8. The fraction of sp³-hybridized carbons (Fsp3) is 0.125. The number of hydrogen-bond donors (Lipinski definition) is 17. The lowest BCUT2D eigenvalue weighted by atomic mass is 9.91. The van der Waals surface area contributed by atoms with Crippen LogP contribution in [0.1, 0.15) is 62.1 Å². The lowest BCUT2D eigenvalue weighted by Crippen LogP contribution is -2.63. The lowest BCUT2D eigenvalue weighted by Gasteiger charge is -2.44. The van der Waals surface area contributed by atoms with Crippen molar-refractivity contribution in [1.82, 2.24) is 0 Å². The van der Waals surface area contributed by atoms with Crippen LogP contribution in [0.15, 0.2) is 60.7 Å². The minimum atomic E-state index is -2.69. The largest absolute Gasteiger partial charge is 0.504 e. The zero-order valence-corrected chi connectivity index (χ0v) is 38.3. The number of hydrogen-bond acceptors (Lipinski definition) is 30. The van der Waals surface area contributed by atoms with E-state index in [2.05, 4.69) is 0 Å². The highest BCUT2D eigenvalue weighted by atomic mass is 16.7. The first-order valence-electron chi connectivity index (χ1n) is 21.4. The highest BCUT2D eigenvalue weighted by Crippen LogP contribution is 2.53. The van der Waals surface area contributed by atoms with E-state index in [1.807, 2.05) is 0 Å². The van der Waals surface area contributed by atoms with E-state index in [0.29, 0.717) is 60.7 Å². The highest BCUT2D eigenvalue weighted by Gasteiger charge is 2.55. The molecule has 5 atom stereocenters. The number of fused-ring (bicyclic) bond motifs is 5. The van der Waals surface area contributed by atoms with Crippen LogP contribution in [0.2, 0.25) is 0 Å². The molecule has 2 heterocycles. The number of cyclic esters (lactones) is 1. The molecule has 406 valence electrons. The Morgan fingerprint density at radius 3 is 1.21 bits per heavy atom. The van der Waals surface area contributed by atoms with Crippen molar-refractivity contribution in [1.29, 1.82) is 0 Å². The average molecular weight is 1090 g/mol. The maximum absolute atomic E-state index is 14.8. The second-order valence-corrected chi connectivity index (χ2v) is 16.5. The Kier molecular flexibility index (Phi) is 13.5. The summed E-state index contributed by atoms with van der Waals surface area (Å²) in [6.45, 7) is -1.38. The van der Waals surface area contributed by atoms with Gasteiger partial charge in [-0.1, -0.05) is 0 Å². The molecule has 0 radical (unpaired) electrons. The summed E-state index contributed by atoms with van der Waals surface area (Å²) in [4.78, 5) is 84.3. The van der Waals surface area contributed by atoms with Crippen molar-refractivity contribution in [3.63, 3.8) is 0 Å². The predicted molar refractivity (Wildman–Crippen MR) is 243 cm³/mol. The number of carbonyl (C=O) groups excluding carboxylic acids is 6. The first kappa shape index (κ1) is 53.0. The van der Waals surface area contributed by atoms with Crippen LogP contribution in [0.4, 0.5) is 0 Å². The van der Waals surface area contributed by atoms with Crippen LogP contribution >= 0.6 is 0 Å². The molecule has 0 spiro atoms. The number of aromatic hydroxyl groups is 17. The Hall–Kier alpha value is -11.3. The van der Waals surface area contributed by atoms with Gasteiger partial charge in [-0.2, -0.15) is 0 Å². The Labute approximate surface area is 429 Å². The van der Waals surface area contributed by atoms with Crippen LogP contribution in [0, 0.1) is 0 Å². The predicted octanol–water partition coefficient (Wildman–Crippen LogP) is 2.30. The first-order chi connectivity index (χ1) is 36.7. The Bertz CT molecular complexity index is 3500. The van der Waals surface area contributed by atoms with Crippen molar-refractivity contribution >= 4 is 35.8 Å². The minimum Gasteiger partial charge on any atom is -0.504 e. The highest BCUT2D eigenvalue weighted by molar-refractivity contribution is 6.08. The van der Waals surface area contributed by atoms with Gasteiger partial charge < -0.3 is 120 Å². The van der Waals surface area contributed by atoms with Crippen molar-refractivity contribution in [2.24, 2.45) is 0 Å². The summed E-state index contributed by atoms with van der Waals surface area (Å²) in [7, 11) is 0. The maximum atomic E-state index is 14.8. The van der Waals surface area contributed by atoms with Crippen molar-refractivity contribution in [3.05, 3.63) is 94.0 Å². The quantitative estimate of drug-likeness (QED) is 0.0450. The van der Waals surface area contributed by atoms with Crippen molar-refractivity contribution in [2.75, 3.05) is 6.61 Å². The molecule has 2 aliphatic rings. The van der Waals surface area contributed by atoms with Gasteiger partial charge in [0.15, 0.2) is 98.5 Å². The van der Waals surface area contributed by atoms with Gasteiger partial charge in [-0.3, -0.25) is 0 Å². The molecule has 0 aromatic heterocycles. The fourth-order valence-electron chi connectivity index (χ4n) is 7.72. The number of rotatable bonds is 8. The second kappa shape index (κ2) is 19.9. The van der Waals surface area contributed by atoms with Gasteiger partial charge >= 0.3 is 35.8 Å². The molecular formula is C48H34O30.